The molecule has 5 aromatic rings. The van der Waals surface area contributed by atoms with E-state index >= 15 is 0 Å². The minimum atomic E-state index is -0.908. The monoisotopic (exact) mass is 503 g/mol. The number of hydrogen-bond acceptors (Lipinski definition) is 5. The Morgan fingerprint density at radius 3 is 2.45 bits per heavy atom. The molecular formula is C31H29N5O2. The molecule has 0 aliphatic carbocycles. The minimum Gasteiger partial charge on any atom is -0.478 e. The van der Waals surface area contributed by atoms with E-state index in [1.807, 2.05) is 42.5 Å². The molecule has 0 spiro atoms. The normalized spacial score (nSPS) is 12.3. The van der Waals surface area contributed by atoms with E-state index in [9.17, 15) is 4.79 Å². The van der Waals surface area contributed by atoms with Gasteiger partial charge in [-0.2, -0.15) is 0 Å². The number of hydrogen-bond donors (Lipinski definition) is 4. The van der Waals surface area contributed by atoms with Crippen LogP contribution in [0, 0.1) is 0 Å². The van der Waals surface area contributed by atoms with Gasteiger partial charge < -0.3 is 20.7 Å². The van der Waals surface area contributed by atoms with Crippen LogP contribution < -0.4 is 10.6 Å². The fraction of sp³-hybridized carbons (Fsp3) is 0.129. The molecule has 0 aliphatic rings. The van der Waals surface area contributed by atoms with Gasteiger partial charge in [0.1, 0.15) is 17.8 Å². The summed E-state index contributed by atoms with van der Waals surface area (Å²) in [5, 5.41) is 16.9. The third-order valence-corrected chi connectivity index (χ3v) is 6.47. The Balaban J connectivity index is 1.25. The summed E-state index contributed by atoms with van der Waals surface area (Å²) >= 11 is 0. The summed E-state index contributed by atoms with van der Waals surface area (Å²) in [4.78, 5) is 23.3. The number of aliphatic carboxylic acids is 1. The summed E-state index contributed by atoms with van der Waals surface area (Å²) in [5.41, 5.74) is 7.31. The molecule has 4 N–H and O–H groups in total. The van der Waals surface area contributed by atoms with Crippen LogP contribution in [0.5, 0.6) is 0 Å². The van der Waals surface area contributed by atoms with Crippen LogP contribution in [-0.4, -0.2) is 26.0 Å². The molecule has 3 aromatic carbocycles. The highest BCUT2D eigenvalue weighted by atomic mass is 16.4. The van der Waals surface area contributed by atoms with E-state index in [0.29, 0.717) is 12.1 Å². The number of fused-ring (bicyclic) bond motifs is 1. The lowest BCUT2D eigenvalue weighted by molar-refractivity contribution is -0.132. The van der Waals surface area contributed by atoms with E-state index in [4.69, 9.17) is 5.11 Å². The van der Waals surface area contributed by atoms with Crippen molar-refractivity contribution in [2.24, 2.45) is 0 Å². The molecule has 0 saturated heterocycles. The van der Waals surface area contributed by atoms with Crippen molar-refractivity contribution >= 4 is 34.6 Å². The van der Waals surface area contributed by atoms with Crippen molar-refractivity contribution in [2.45, 2.75) is 26.4 Å². The number of aromatic amines is 1. The zero-order valence-corrected chi connectivity index (χ0v) is 21.3. The topological polar surface area (TPSA) is 103 Å². The summed E-state index contributed by atoms with van der Waals surface area (Å²) in [5.74, 6) is -0.110. The number of benzene rings is 3. The van der Waals surface area contributed by atoms with E-state index in [-0.39, 0.29) is 6.04 Å². The molecule has 0 aliphatic heterocycles. The first kappa shape index (κ1) is 24.8. The fourth-order valence-corrected chi connectivity index (χ4v) is 4.26. The SMILES string of the molecule is C/C(=C\c1ccc(CNc2ccc(-c3cc4c(NC(C)c5ccccc5)ncnc4[nH]3)cc2)cc1)C(=O)O. The molecule has 2 heterocycles. The molecule has 0 amide bonds. The smallest absolute Gasteiger partial charge is 0.331 e. The first-order chi connectivity index (χ1) is 18.5. The van der Waals surface area contributed by atoms with Gasteiger partial charge in [-0.15, -0.1) is 0 Å². The van der Waals surface area contributed by atoms with Gasteiger partial charge in [0.25, 0.3) is 0 Å². The Hall–Kier alpha value is -4.91. The van der Waals surface area contributed by atoms with Crippen molar-refractivity contribution in [3.8, 4) is 11.3 Å². The van der Waals surface area contributed by atoms with Gasteiger partial charge in [-0.25, -0.2) is 14.8 Å². The van der Waals surface area contributed by atoms with Crippen LogP contribution in [0.3, 0.4) is 0 Å². The maximum Gasteiger partial charge on any atom is 0.331 e. The molecular weight excluding hydrogens is 474 g/mol. The van der Waals surface area contributed by atoms with E-state index < -0.39 is 5.97 Å². The molecule has 2 aromatic heterocycles. The van der Waals surface area contributed by atoms with Gasteiger partial charge in [0.05, 0.1) is 5.39 Å². The number of anilines is 2. The number of carbonyl (C=O) groups is 1. The second kappa shape index (κ2) is 11.0. The van der Waals surface area contributed by atoms with Crippen molar-refractivity contribution in [3.63, 3.8) is 0 Å². The predicted molar refractivity (Wildman–Crippen MR) is 153 cm³/mol. The Morgan fingerprint density at radius 1 is 1.00 bits per heavy atom. The van der Waals surface area contributed by atoms with Crippen LogP contribution >= 0.6 is 0 Å². The van der Waals surface area contributed by atoms with E-state index in [0.717, 1.165) is 44.9 Å². The second-order valence-electron chi connectivity index (χ2n) is 9.25. The highest BCUT2D eigenvalue weighted by molar-refractivity contribution is 5.92. The lowest BCUT2D eigenvalue weighted by Crippen LogP contribution is -2.08. The fourth-order valence-electron chi connectivity index (χ4n) is 4.26. The summed E-state index contributed by atoms with van der Waals surface area (Å²) in [6.45, 7) is 4.37. The van der Waals surface area contributed by atoms with E-state index in [1.54, 1.807) is 19.3 Å². The number of nitrogens with one attached hydrogen (secondary N) is 3. The molecule has 1 unspecified atom stereocenters. The first-order valence-electron chi connectivity index (χ1n) is 12.5. The van der Waals surface area contributed by atoms with Crippen LogP contribution in [-0.2, 0) is 11.3 Å². The minimum absolute atomic E-state index is 0.111. The molecule has 0 radical (unpaired) electrons. The summed E-state index contributed by atoms with van der Waals surface area (Å²) in [6.07, 6.45) is 3.24. The maximum absolute atomic E-state index is 11.0. The Labute approximate surface area is 221 Å². The molecule has 5 rings (SSSR count). The first-order valence-corrected chi connectivity index (χ1v) is 12.5. The molecule has 7 heteroatoms. The third kappa shape index (κ3) is 5.73. The highest BCUT2D eigenvalue weighted by Gasteiger charge is 2.12. The lowest BCUT2D eigenvalue weighted by Gasteiger charge is -2.15. The third-order valence-electron chi connectivity index (χ3n) is 6.47. The van der Waals surface area contributed by atoms with Crippen molar-refractivity contribution in [1.82, 2.24) is 15.0 Å². The second-order valence-corrected chi connectivity index (χ2v) is 9.25. The van der Waals surface area contributed by atoms with Gasteiger partial charge in [-0.05, 0) is 60.4 Å². The molecule has 0 bridgehead atoms. The van der Waals surface area contributed by atoms with Gasteiger partial charge >= 0.3 is 5.97 Å². The number of carboxylic acid groups (broad SMARTS) is 1. The predicted octanol–water partition coefficient (Wildman–Crippen LogP) is 6.90. The van der Waals surface area contributed by atoms with Crippen LogP contribution in [0.1, 0.15) is 36.6 Å². The Morgan fingerprint density at radius 2 is 1.74 bits per heavy atom. The van der Waals surface area contributed by atoms with Gasteiger partial charge in [0.15, 0.2) is 0 Å². The molecule has 1 atom stereocenters. The lowest BCUT2D eigenvalue weighted by atomic mass is 10.1. The average molecular weight is 504 g/mol. The van der Waals surface area contributed by atoms with Crippen LogP contribution in [0.25, 0.3) is 28.4 Å². The van der Waals surface area contributed by atoms with Crippen LogP contribution in [0.2, 0.25) is 0 Å². The molecule has 7 nitrogen and oxygen atoms in total. The van der Waals surface area contributed by atoms with Gasteiger partial charge in [-0.3, -0.25) is 0 Å². The maximum atomic E-state index is 11.0. The quantitative estimate of drug-likeness (QED) is 0.163. The Kier molecular flexibility index (Phi) is 7.17. The van der Waals surface area contributed by atoms with Crippen molar-refractivity contribution in [1.29, 1.82) is 0 Å². The number of nitrogens with zero attached hydrogens (tertiary/aromatic N) is 2. The standard InChI is InChI=1S/C31H29N5O2/c1-20(31(37)38)16-22-8-10-23(11-9-22)18-32-26-14-12-25(13-15-26)28-17-27-29(33-19-34-30(27)36-28)35-21(2)24-6-4-3-5-7-24/h3-17,19,21,32H,18H2,1-2H3,(H,37,38)(H2,33,34,35,36)/b20-16+. The van der Waals surface area contributed by atoms with Crippen LogP contribution in [0.15, 0.2) is 96.8 Å². The van der Waals surface area contributed by atoms with Crippen LogP contribution in [0.4, 0.5) is 11.5 Å². The highest BCUT2D eigenvalue weighted by Crippen LogP contribution is 2.29. The molecule has 190 valence electrons. The average Bonchev–Trinajstić information content (AvgIpc) is 3.39. The van der Waals surface area contributed by atoms with E-state index in [2.05, 4.69) is 75.0 Å². The molecule has 38 heavy (non-hydrogen) atoms. The summed E-state index contributed by atoms with van der Waals surface area (Å²) < 4.78 is 0. The molecule has 0 saturated carbocycles. The summed E-state index contributed by atoms with van der Waals surface area (Å²) in [6, 6.07) is 28.6. The Bertz CT molecular complexity index is 1570. The largest absolute Gasteiger partial charge is 0.478 e. The van der Waals surface area contributed by atoms with Crippen molar-refractivity contribution in [3.05, 3.63) is 114 Å². The number of rotatable bonds is 9. The molecule has 0 fully saturated rings. The zero-order valence-electron chi connectivity index (χ0n) is 21.3. The zero-order chi connectivity index (χ0) is 26.5. The summed E-state index contributed by atoms with van der Waals surface area (Å²) in [7, 11) is 0. The van der Waals surface area contributed by atoms with Gasteiger partial charge in [0, 0.05) is 29.5 Å². The number of H-pyrrole nitrogens is 1. The van der Waals surface area contributed by atoms with Gasteiger partial charge in [0.2, 0.25) is 0 Å². The number of carboxylic acids is 1. The van der Waals surface area contributed by atoms with Gasteiger partial charge in [-0.1, -0.05) is 66.7 Å². The van der Waals surface area contributed by atoms with Crippen molar-refractivity contribution < 1.29 is 9.90 Å². The van der Waals surface area contributed by atoms with Crippen molar-refractivity contribution in [2.75, 3.05) is 10.6 Å². The van der Waals surface area contributed by atoms with E-state index in [1.165, 1.54) is 5.56 Å². The number of aromatic nitrogens is 3.